The molecule has 0 aliphatic carbocycles. The van der Waals surface area contributed by atoms with Gasteiger partial charge in [-0.3, -0.25) is 14.5 Å². The average molecular weight is 310 g/mol. The second-order valence-electron chi connectivity index (χ2n) is 5.36. The van der Waals surface area contributed by atoms with E-state index in [-0.39, 0.29) is 17.7 Å². The Bertz CT molecular complexity index is 496. The first kappa shape index (κ1) is 15.8. The zero-order chi connectivity index (χ0) is 15.2. The van der Waals surface area contributed by atoms with Gasteiger partial charge >= 0.3 is 0 Å². The van der Waals surface area contributed by atoms with E-state index in [1.807, 2.05) is 12.1 Å². The second-order valence-corrected chi connectivity index (χ2v) is 5.79. The van der Waals surface area contributed by atoms with Crippen LogP contribution in [0.2, 0.25) is 5.02 Å². The summed E-state index contributed by atoms with van der Waals surface area (Å²) < 4.78 is 0. The van der Waals surface area contributed by atoms with Gasteiger partial charge in [-0.05, 0) is 43.6 Å². The number of rotatable bonds is 5. The largest absolute Gasteiger partial charge is 0.369 e. The first-order chi connectivity index (χ1) is 10.0. The Morgan fingerprint density at radius 2 is 1.86 bits per heavy atom. The van der Waals surface area contributed by atoms with Crippen molar-refractivity contribution in [2.45, 2.75) is 19.4 Å². The molecule has 0 spiro atoms. The Morgan fingerprint density at radius 3 is 2.43 bits per heavy atom. The quantitative estimate of drug-likeness (QED) is 0.857. The predicted octanol–water partition coefficient (Wildman–Crippen LogP) is 1.15. The first-order valence-corrected chi connectivity index (χ1v) is 7.45. The predicted molar refractivity (Wildman–Crippen MR) is 81.7 cm³/mol. The van der Waals surface area contributed by atoms with Crippen molar-refractivity contribution in [2.75, 3.05) is 19.6 Å². The highest BCUT2D eigenvalue weighted by Gasteiger charge is 2.23. The minimum Gasteiger partial charge on any atom is -0.369 e. The molecule has 2 amide bonds. The number of primary amides is 1. The molecule has 114 valence electrons. The number of piperidine rings is 1. The van der Waals surface area contributed by atoms with Crippen molar-refractivity contribution in [3.8, 4) is 0 Å². The van der Waals surface area contributed by atoms with Gasteiger partial charge < -0.3 is 11.1 Å². The van der Waals surface area contributed by atoms with E-state index in [0.717, 1.165) is 31.5 Å². The maximum Gasteiger partial charge on any atom is 0.234 e. The zero-order valence-corrected chi connectivity index (χ0v) is 12.6. The molecule has 0 aromatic heterocycles. The van der Waals surface area contributed by atoms with Crippen LogP contribution in [0, 0.1) is 5.92 Å². The topological polar surface area (TPSA) is 75.4 Å². The van der Waals surface area contributed by atoms with Crippen LogP contribution in [-0.4, -0.2) is 36.3 Å². The Kier molecular flexibility index (Phi) is 5.59. The van der Waals surface area contributed by atoms with Gasteiger partial charge in [0, 0.05) is 17.5 Å². The van der Waals surface area contributed by atoms with E-state index in [4.69, 9.17) is 17.3 Å². The molecular formula is C15H20ClN3O2. The molecule has 3 N–H and O–H groups in total. The third kappa shape index (κ3) is 5.02. The lowest BCUT2D eigenvalue weighted by Gasteiger charge is -2.29. The Labute approximate surface area is 129 Å². The number of likely N-dealkylation sites (tertiary alicyclic amines) is 1. The highest BCUT2D eigenvalue weighted by molar-refractivity contribution is 6.30. The van der Waals surface area contributed by atoms with Gasteiger partial charge in [0.05, 0.1) is 6.54 Å². The molecule has 1 fully saturated rings. The Morgan fingerprint density at radius 1 is 1.24 bits per heavy atom. The maximum atomic E-state index is 11.9. The summed E-state index contributed by atoms with van der Waals surface area (Å²) in [5, 5.41) is 3.57. The molecule has 0 unspecified atom stereocenters. The van der Waals surface area contributed by atoms with Gasteiger partial charge in [0.1, 0.15) is 0 Å². The van der Waals surface area contributed by atoms with Gasteiger partial charge in [0.2, 0.25) is 11.8 Å². The van der Waals surface area contributed by atoms with Crippen LogP contribution < -0.4 is 11.1 Å². The minimum absolute atomic E-state index is 0.0116. The molecule has 1 aromatic rings. The Balaban J connectivity index is 1.70. The fourth-order valence-electron chi connectivity index (χ4n) is 2.44. The van der Waals surface area contributed by atoms with Gasteiger partial charge in [-0.15, -0.1) is 0 Å². The summed E-state index contributed by atoms with van der Waals surface area (Å²) in [6, 6.07) is 7.39. The van der Waals surface area contributed by atoms with Gasteiger partial charge in [0.25, 0.3) is 0 Å². The van der Waals surface area contributed by atoms with Crippen LogP contribution in [0.4, 0.5) is 0 Å². The molecule has 0 atom stereocenters. The summed E-state index contributed by atoms with van der Waals surface area (Å²) in [5.74, 6) is -0.289. The number of hydrogen-bond acceptors (Lipinski definition) is 3. The summed E-state index contributed by atoms with van der Waals surface area (Å²) in [7, 11) is 0. The molecule has 0 radical (unpaired) electrons. The molecule has 6 heteroatoms. The van der Waals surface area contributed by atoms with E-state index in [9.17, 15) is 9.59 Å². The van der Waals surface area contributed by atoms with E-state index in [2.05, 4.69) is 10.2 Å². The van der Waals surface area contributed by atoms with Gasteiger partial charge in [-0.25, -0.2) is 0 Å². The van der Waals surface area contributed by atoms with Crippen molar-refractivity contribution >= 4 is 23.4 Å². The maximum absolute atomic E-state index is 11.9. The number of carbonyl (C=O) groups is 2. The number of nitrogens with zero attached hydrogens (tertiary/aromatic N) is 1. The Hall–Kier alpha value is -1.59. The van der Waals surface area contributed by atoms with Crippen molar-refractivity contribution in [3.05, 3.63) is 34.9 Å². The number of amides is 2. The lowest BCUT2D eigenvalue weighted by atomic mass is 9.96. The molecule has 21 heavy (non-hydrogen) atoms. The number of benzene rings is 1. The van der Waals surface area contributed by atoms with E-state index in [0.29, 0.717) is 18.1 Å². The number of hydrogen-bond donors (Lipinski definition) is 2. The lowest BCUT2D eigenvalue weighted by molar-refractivity contribution is -0.124. The molecule has 1 aliphatic rings. The standard InChI is InChI=1S/C15H20ClN3O2/c16-13-3-1-11(2-4-13)9-18-14(20)10-19-7-5-12(6-8-19)15(17)21/h1-4,12H,5-10H2,(H2,17,21)(H,18,20). The molecule has 1 aliphatic heterocycles. The molecule has 5 nitrogen and oxygen atoms in total. The van der Waals surface area contributed by atoms with Crippen LogP contribution >= 0.6 is 11.6 Å². The number of nitrogens with two attached hydrogens (primary N) is 1. The van der Waals surface area contributed by atoms with Crippen molar-refractivity contribution in [3.63, 3.8) is 0 Å². The third-order valence-corrected chi connectivity index (χ3v) is 4.01. The van der Waals surface area contributed by atoms with Gasteiger partial charge in [0.15, 0.2) is 0 Å². The van der Waals surface area contributed by atoms with Crippen LogP contribution in [-0.2, 0) is 16.1 Å². The fourth-order valence-corrected chi connectivity index (χ4v) is 2.56. The third-order valence-electron chi connectivity index (χ3n) is 3.76. The highest BCUT2D eigenvalue weighted by atomic mass is 35.5. The van der Waals surface area contributed by atoms with Crippen LogP contribution in [0.15, 0.2) is 24.3 Å². The van der Waals surface area contributed by atoms with E-state index in [1.165, 1.54) is 0 Å². The normalized spacial score (nSPS) is 16.6. The van der Waals surface area contributed by atoms with Gasteiger partial charge in [-0.1, -0.05) is 23.7 Å². The van der Waals surface area contributed by atoms with Gasteiger partial charge in [-0.2, -0.15) is 0 Å². The molecular weight excluding hydrogens is 290 g/mol. The number of nitrogens with one attached hydrogen (secondary N) is 1. The van der Waals surface area contributed by atoms with Crippen molar-refractivity contribution in [1.82, 2.24) is 10.2 Å². The van der Waals surface area contributed by atoms with Crippen molar-refractivity contribution in [2.24, 2.45) is 11.7 Å². The molecule has 2 rings (SSSR count). The lowest BCUT2D eigenvalue weighted by Crippen LogP contribution is -2.43. The summed E-state index contributed by atoms with van der Waals surface area (Å²) in [6.07, 6.45) is 1.47. The molecule has 1 aromatic carbocycles. The van der Waals surface area contributed by atoms with Crippen LogP contribution in [0.5, 0.6) is 0 Å². The summed E-state index contributed by atoms with van der Waals surface area (Å²) in [5.41, 5.74) is 6.30. The fraction of sp³-hybridized carbons (Fsp3) is 0.467. The summed E-state index contributed by atoms with van der Waals surface area (Å²) in [4.78, 5) is 25.0. The van der Waals surface area contributed by atoms with Crippen molar-refractivity contribution in [1.29, 1.82) is 0 Å². The van der Waals surface area contributed by atoms with E-state index < -0.39 is 0 Å². The molecule has 0 saturated carbocycles. The molecule has 1 saturated heterocycles. The van der Waals surface area contributed by atoms with Crippen LogP contribution in [0.1, 0.15) is 18.4 Å². The van der Waals surface area contributed by atoms with E-state index in [1.54, 1.807) is 12.1 Å². The average Bonchev–Trinajstić information content (AvgIpc) is 2.47. The van der Waals surface area contributed by atoms with Crippen LogP contribution in [0.3, 0.4) is 0 Å². The molecule has 0 bridgehead atoms. The summed E-state index contributed by atoms with van der Waals surface area (Å²) >= 11 is 5.81. The summed E-state index contributed by atoms with van der Waals surface area (Å²) in [6.45, 7) is 2.33. The number of carbonyl (C=O) groups excluding carboxylic acids is 2. The number of halogens is 1. The minimum atomic E-state index is -0.234. The van der Waals surface area contributed by atoms with Crippen molar-refractivity contribution < 1.29 is 9.59 Å². The first-order valence-electron chi connectivity index (χ1n) is 7.07. The second kappa shape index (κ2) is 7.43. The SMILES string of the molecule is NC(=O)C1CCN(CC(=O)NCc2ccc(Cl)cc2)CC1. The highest BCUT2D eigenvalue weighted by Crippen LogP contribution is 2.16. The van der Waals surface area contributed by atoms with Crippen LogP contribution in [0.25, 0.3) is 0 Å². The molecule has 1 heterocycles. The monoisotopic (exact) mass is 309 g/mol. The zero-order valence-electron chi connectivity index (χ0n) is 11.8. The smallest absolute Gasteiger partial charge is 0.234 e. The van der Waals surface area contributed by atoms with E-state index >= 15 is 0 Å².